The van der Waals surface area contributed by atoms with E-state index >= 15 is 0 Å². The SMILES string of the molecule is COC(=O)[C@@](F)(Sc1ccc(O)cc1)C(F)(F)F. The van der Waals surface area contributed by atoms with E-state index in [4.69, 9.17) is 5.11 Å². The van der Waals surface area contributed by atoms with Crippen molar-refractivity contribution in [2.45, 2.75) is 16.1 Å². The second-order valence-electron chi connectivity index (χ2n) is 3.18. The number of aromatic hydroxyl groups is 1. The van der Waals surface area contributed by atoms with E-state index in [0.717, 1.165) is 24.3 Å². The van der Waals surface area contributed by atoms with Crippen molar-refractivity contribution in [3.63, 3.8) is 0 Å². The van der Waals surface area contributed by atoms with Crippen LogP contribution in [0.3, 0.4) is 0 Å². The van der Waals surface area contributed by atoms with Gasteiger partial charge in [-0.15, -0.1) is 0 Å². The summed E-state index contributed by atoms with van der Waals surface area (Å²) in [6.45, 7) is 0. The third-order valence-corrected chi connectivity index (χ3v) is 3.10. The van der Waals surface area contributed by atoms with E-state index in [-0.39, 0.29) is 22.4 Å². The van der Waals surface area contributed by atoms with Crippen LogP contribution in [0.4, 0.5) is 17.6 Å². The maximum absolute atomic E-state index is 13.8. The van der Waals surface area contributed by atoms with Crippen molar-refractivity contribution in [2.75, 3.05) is 7.11 Å². The summed E-state index contributed by atoms with van der Waals surface area (Å²) in [7, 11) is 0.666. The van der Waals surface area contributed by atoms with Gasteiger partial charge in [0.15, 0.2) is 0 Å². The van der Waals surface area contributed by atoms with Gasteiger partial charge in [-0.1, -0.05) is 11.8 Å². The summed E-state index contributed by atoms with van der Waals surface area (Å²) in [4.78, 5) is 10.8. The predicted octanol–water partition coefficient (Wildman–Crippen LogP) is 2.89. The van der Waals surface area contributed by atoms with Crippen LogP contribution in [0.15, 0.2) is 29.2 Å². The van der Waals surface area contributed by atoms with Crippen LogP contribution in [0.1, 0.15) is 0 Å². The van der Waals surface area contributed by atoms with E-state index in [2.05, 4.69) is 4.74 Å². The molecule has 0 saturated heterocycles. The first kappa shape index (κ1) is 14.6. The van der Waals surface area contributed by atoms with Gasteiger partial charge in [-0.05, 0) is 24.3 Å². The molecule has 0 radical (unpaired) electrons. The molecular weight excluding hydrogens is 276 g/mol. The molecule has 1 atom stereocenters. The number of ether oxygens (including phenoxy) is 1. The quantitative estimate of drug-likeness (QED) is 0.526. The Hall–Kier alpha value is -1.44. The molecule has 1 N–H and O–H groups in total. The van der Waals surface area contributed by atoms with Crippen molar-refractivity contribution in [3.05, 3.63) is 24.3 Å². The molecular formula is C10H8F4O3S. The Balaban J connectivity index is 3.07. The van der Waals surface area contributed by atoms with Gasteiger partial charge in [-0.2, -0.15) is 13.2 Å². The fourth-order valence-electron chi connectivity index (χ4n) is 1.02. The highest BCUT2D eigenvalue weighted by molar-refractivity contribution is 8.01. The molecule has 1 aromatic carbocycles. The Kier molecular flexibility index (Phi) is 4.10. The number of hydrogen-bond donors (Lipinski definition) is 1. The van der Waals surface area contributed by atoms with Crippen molar-refractivity contribution < 1.29 is 32.2 Å². The lowest BCUT2D eigenvalue weighted by Gasteiger charge is -2.24. The van der Waals surface area contributed by atoms with Crippen LogP contribution in [0.2, 0.25) is 0 Å². The number of carbonyl (C=O) groups excluding carboxylic acids is 1. The number of halogens is 4. The molecule has 0 heterocycles. The summed E-state index contributed by atoms with van der Waals surface area (Å²) in [6, 6.07) is 4.28. The van der Waals surface area contributed by atoms with Gasteiger partial charge in [0, 0.05) is 4.90 Å². The van der Waals surface area contributed by atoms with Gasteiger partial charge in [-0.25, -0.2) is 9.18 Å². The average molecular weight is 284 g/mol. The molecule has 0 bridgehead atoms. The van der Waals surface area contributed by atoms with Gasteiger partial charge in [-0.3, -0.25) is 0 Å². The van der Waals surface area contributed by atoms with Crippen LogP contribution >= 0.6 is 11.8 Å². The highest BCUT2D eigenvalue weighted by atomic mass is 32.2. The van der Waals surface area contributed by atoms with Gasteiger partial charge in [0.1, 0.15) is 5.75 Å². The number of methoxy groups -OCH3 is 1. The Labute approximate surface area is 104 Å². The molecule has 100 valence electrons. The largest absolute Gasteiger partial charge is 0.508 e. The second-order valence-corrected chi connectivity index (χ2v) is 4.42. The number of thioether (sulfide) groups is 1. The molecule has 0 fully saturated rings. The third-order valence-electron chi connectivity index (χ3n) is 1.91. The number of esters is 1. The standard InChI is InChI=1S/C10H8F4O3S/c1-17-8(16)9(11,10(12,13)14)18-7-4-2-6(15)3-5-7/h2-5,15H,1H3/t9-/m1/s1. The van der Waals surface area contributed by atoms with Gasteiger partial charge in [0.2, 0.25) is 0 Å². The van der Waals surface area contributed by atoms with Crippen LogP contribution < -0.4 is 0 Å². The molecule has 0 aliphatic carbocycles. The molecule has 0 aliphatic rings. The third kappa shape index (κ3) is 2.87. The van der Waals surface area contributed by atoms with Crippen molar-refractivity contribution in [2.24, 2.45) is 0 Å². The van der Waals surface area contributed by atoms with Gasteiger partial charge < -0.3 is 9.84 Å². The summed E-state index contributed by atoms with van der Waals surface area (Å²) in [5, 5.41) is 4.77. The summed E-state index contributed by atoms with van der Waals surface area (Å²) in [5.41, 5.74) is 0. The van der Waals surface area contributed by atoms with Crippen molar-refractivity contribution in [1.29, 1.82) is 0 Å². The van der Waals surface area contributed by atoms with E-state index in [1.165, 1.54) is 0 Å². The predicted molar refractivity (Wildman–Crippen MR) is 55.9 cm³/mol. The lowest BCUT2D eigenvalue weighted by molar-refractivity contribution is -0.209. The molecule has 0 amide bonds. The van der Waals surface area contributed by atoms with Crippen LogP contribution in [-0.4, -0.2) is 29.4 Å². The molecule has 0 saturated carbocycles. The van der Waals surface area contributed by atoms with Gasteiger partial charge >= 0.3 is 17.1 Å². The van der Waals surface area contributed by atoms with E-state index in [1.54, 1.807) is 0 Å². The zero-order chi connectivity index (χ0) is 14.0. The minimum Gasteiger partial charge on any atom is -0.508 e. The number of alkyl halides is 4. The van der Waals surface area contributed by atoms with E-state index < -0.39 is 17.1 Å². The number of hydrogen-bond acceptors (Lipinski definition) is 4. The highest BCUT2D eigenvalue weighted by Crippen LogP contribution is 2.47. The highest BCUT2D eigenvalue weighted by Gasteiger charge is 2.64. The Morgan fingerprint density at radius 3 is 2.11 bits per heavy atom. The Morgan fingerprint density at radius 1 is 1.22 bits per heavy atom. The van der Waals surface area contributed by atoms with Crippen molar-refractivity contribution in [1.82, 2.24) is 0 Å². The number of benzene rings is 1. The lowest BCUT2D eigenvalue weighted by atomic mass is 10.3. The number of carbonyl (C=O) groups is 1. The minimum absolute atomic E-state index is 0.168. The van der Waals surface area contributed by atoms with Crippen LogP contribution in [-0.2, 0) is 9.53 Å². The average Bonchev–Trinajstić information content (AvgIpc) is 2.29. The summed E-state index contributed by atoms with van der Waals surface area (Å²) >= 11 is -0.338. The molecule has 1 rings (SSSR count). The molecule has 8 heteroatoms. The van der Waals surface area contributed by atoms with Crippen molar-refractivity contribution >= 4 is 17.7 Å². The van der Waals surface area contributed by atoms with Crippen molar-refractivity contribution in [3.8, 4) is 5.75 Å². The minimum atomic E-state index is -5.41. The van der Waals surface area contributed by atoms with E-state index in [1.807, 2.05) is 0 Å². The van der Waals surface area contributed by atoms with E-state index in [9.17, 15) is 22.4 Å². The first-order valence-corrected chi connectivity index (χ1v) is 5.34. The fraction of sp³-hybridized carbons (Fsp3) is 0.300. The summed E-state index contributed by atoms with van der Waals surface area (Å²) in [5.74, 6) is -2.22. The molecule has 1 aromatic rings. The maximum atomic E-state index is 13.8. The van der Waals surface area contributed by atoms with E-state index in [0.29, 0.717) is 7.11 Å². The molecule has 0 unspecified atom stereocenters. The van der Waals surface area contributed by atoms with Gasteiger partial charge in [0.25, 0.3) is 0 Å². The smallest absolute Gasteiger partial charge is 0.443 e. The summed E-state index contributed by atoms with van der Waals surface area (Å²) in [6.07, 6.45) is -5.41. The zero-order valence-corrected chi connectivity index (χ0v) is 9.81. The topological polar surface area (TPSA) is 46.5 Å². The lowest BCUT2D eigenvalue weighted by Crippen LogP contribution is -2.45. The number of phenols is 1. The molecule has 18 heavy (non-hydrogen) atoms. The van der Waals surface area contributed by atoms with Crippen LogP contribution in [0, 0.1) is 0 Å². The fourth-order valence-corrected chi connectivity index (χ4v) is 1.90. The first-order chi connectivity index (χ1) is 8.20. The number of phenolic OH excluding ortho intramolecular Hbond substituents is 1. The van der Waals surface area contributed by atoms with Gasteiger partial charge in [0.05, 0.1) is 7.11 Å². The Morgan fingerprint density at radius 2 is 1.72 bits per heavy atom. The zero-order valence-electron chi connectivity index (χ0n) is 8.99. The maximum Gasteiger partial charge on any atom is 0.443 e. The Bertz CT molecular complexity index is 432. The number of rotatable bonds is 3. The normalized spacial score (nSPS) is 14.9. The molecule has 0 aliphatic heterocycles. The molecule has 0 spiro atoms. The monoisotopic (exact) mass is 284 g/mol. The van der Waals surface area contributed by atoms with Crippen LogP contribution in [0.5, 0.6) is 5.75 Å². The molecule has 3 nitrogen and oxygen atoms in total. The second kappa shape index (κ2) is 5.05. The first-order valence-electron chi connectivity index (χ1n) is 4.53. The van der Waals surface area contributed by atoms with Crippen LogP contribution in [0.25, 0.3) is 0 Å². The summed E-state index contributed by atoms with van der Waals surface area (Å²) < 4.78 is 55.3. The molecule has 0 aromatic heterocycles.